The minimum absolute atomic E-state index is 0.0493. The third kappa shape index (κ3) is 3.31. The molecule has 2 rings (SSSR count). The topological polar surface area (TPSA) is 29.1 Å². The Morgan fingerprint density at radius 2 is 1.79 bits per heavy atom. The Labute approximate surface area is 112 Å². The quantitative estimate of drug-likeness (QED) is 0.889. The number of benzene rings is 1. The van der Waals surface area contributed by atoms with Gasteiger partial charge < -0.3 is 5.32 Å². The highest BCUT2D eigenvalue weighted by atomic mass is 19.1. The molecule has 1 aliphatic rings. The van der Waals surface area contributed by atoms with Crippen molar-refractivity contribution in [1.82, 2.24) is 5.32 Å². The third-order valence-electron chi connectivity index (χ3n) is 3.91. The summed E-state index contributed by atoms with van der Waals surface area (Å²) in [5, 5.41) is 2.73. The van der Waals surface area contributed by atoms with Crippen molar-refractivity contribution in [3.8, 4) is 0 Å². The summed E-state index contributed by atoms with van der Waals surface area (Å²) < 4.78 is 27.0. The van der Waals surface area contributed by atoms with Gasteiger partial charge in [0.25, 0.3) is 5.91 Å². The van der Waals surface area contributed by atoms with E-state index in [0.717, 1.165) is 25.0 Å². The van der Waals surface area contributed by atoms with Crippen LogP contribution in [0.15, 0.2) is 18.2 Å². The molecule has 0 radical (unpaired) electrons. The second kappa shape index (κ2) is 6.13. The Balaban J connectivity index is 2.04. The fourth-order valence-corrected chi connectivity index (χ4v) is 2.75. The van der Waals surface area contributed by atoms with Gasteiger partial charge in [-0.05, 0) is 37.8 Å². The predicted octanol–water partition coefficient (Wildman–Crippen LogP) is 3.66. The van der Waals surface area contributed by atoms with Gasteiger partial charge in [-0.25, -0.2) is 8.78 Å². The first-order valence-corrected chi connectivity index (χ1v) is 6.84. The lowest BCUT2D eigenvalue weighted by atomic mass is 9.84. The highest BCUT2D eigenvalue weighted by molar-refractivity contribution is 5.94. The van der Waals surface area contributed by atoms with Gasteiger partial charge in [0, 0.05) is 6.04 Å². The zero-order chi connectivity index (χ0) is 13.8. The zero-order valence-electron chi connectivity index (χ0n) is 11.1. The van der Waals surface area contributed by atoms with E-state index >= 15 is 0 Å². The average molecular weight is 267 g/mol. The molecule has 104 valence electrons. The SMILES string of the molecule is CC(NC(=O)c1c(F)cccc1F)C1CCCCC1. The summed E-state index contributed by atoms with van der Waals surface area (Å²) in [6.45, 7) is 1.91. The van der Waals surface area contributed by atoms with Crippen LogP contribution in [0, 0.1) is 17.6 Å². The largest absolute Gasteiger partial charge is 0.349 e. The molecule has 1 aliphatic carbocycles. The molecule has 19 heavy (non-hydrogen) atoms. The summed E-state index contributed by atoms with van der Waals surface area (Å²) in [5.41, 5.74) is -0.481. The van der Waals surface area contributed by atoms with E-state index in [1.165, 1.54) is 25.3 Å². The second-order valence-corrected chi connectivity index (χ2v) is 5.26. The molecule has 0 spiro atoms. The van der Waals surface area contributed by atoms with E-state index in [-0.39, 0.29) is 6.04 Å². The van der Waals surface area contributed by atoms with Crippen LogP contribution in [0.5, 0.6) is 0 Å². The lowest BCUT2D eigenvalue weighted by Crippen LogP contribution is -2.39. The molecule has 0 bridgehead atoms. The first kappa shape index (κ1) is 14.0. The maximum absolute atomic E-state index is 13.5. The van der Waals surface area contributed by atoms with Gasteiger partial charge in [0.1, 0.15) is 17.2 Å². The van der Waals surface area contributed by atoms with E-state index < -0.39 is 23.1 Å². The van der Waals surface area contributed by atoms with Crippen LogP contribution in [0.4, 0.5) is 8.78 Å². The number of rotatable bonds is 3. The van der Waals surface area contributed by atoms with Crippen molar-refractivity contribution in [2.45, 2.75) is 45.1 Å². The van der Waals surface area contributed by atoms with Crippen molar-refractivity contribution < 1.29 is 13.6 Å². The molecule has 0 heterocycles. The summed E-state index contributed by atoms with van der Waals surface area (Å²) in [6.07, 6.45) is 5.71. The molecule has 0 aliphatic heterocycles. The van der Waals surface area contributed by atoms with Gasteiger partial charge in [0.15, 0.2) is 0 Å². The van der Waals surface area contributed by atoms with Crippen molar-refractivity contribution in [2.24, 2.45) is 5.92 Å². The lowest BCUT2D eigenvalue weighted by molar-refractivity contribution is 0.0910. The van der Waals surface area contributed by atoms with Gasteiger partial charge in [-0.2, -0.15) is 0 Å². The lowest BCUT2D eigenvalue weighted by Gasteiger charge is -2.28. The summed E-state index contributed by atoms with van der Waals surface area (Å²) in [5.74, 6) is -1.87. The monoisotopic (exact) mass is 267 g/mol. The Hall–Kier alpha value is -1.45. The Bertz CT molecular complexity index is 435. The number of carbonyl (C=O) groups excluding carboxylic acids is 1. The molecule has 1 saturated carbocycles. The summed E-state index contributed by atoms with van der Waals surface area (Å²) in [4.78, 5) is 11.9. The Kier molecular flexibility index (Phi) is 4.51. The van der Waals surface area contributed by atoms with Crippen molar-refractivity contribution >= 4 is 5.91 Å². The molecule has 1 aromatic rings. The predicted molar refractivity (Wildman–Crippen MR) is 69.9 cm³/mol. The van der Waals surface area contributed by atoms with E-state index in [9.17, 15) is 13.6 Å². The van der Waals surface area contributed by atoms with E-state index in [2.05, 4.69) is 5.32 Å². The summed E-state index contributed by atoms with van der Waals surface area (Å²) >= 11 is 0. The van der Waals surface area contributed by atoms with Crippen LogP contribution >= 0.6 is 0 Å². The van der Waals surface area contributed by atoms with Crippen molar-refractivity contribution in [2.75, 3.05) is 0 Å². The van der Waals surface area contributed by atoms with Gasteiger partial charge in [-0.15, -0.1) is 0 Å². The molecule has 1 aromatic carbocycles. The summed E-state index contributed by atoms with van der Waals surface area (Å²) in [6, 6.07) is 3.41. The number of hydrogen-bond acceptors (Lipinski definition) is 1. The van der Waals surface area contributed by atoms with E-state index in [1.807, 2.05) is 6.92 Å². The highest BCUT2D eigenvalue weighted by Gasteiger charge is 2.24. The minimum Gasteiger partial charge on any atom is -0.349 e. The standard InChI is InChI=1S/C15H19F2NO/c1-10(11-6-3-2-4-7-11)18-15(19)14-12(16)8-5-9-13(14)17/h5,8-11H,2-4,6-7H2,1H3,(H,18,19). The van der Waals surface area contributed by atoms with Gasteiger partial charge >= 0.3 is 0 Å². The van der Waals surface area contributed by atoms with Gasteiger partial charge in [-0.3, -0.25) is 4.79 Å². The molecule has 1 fully saturated rings. The first-order chi connectivity index (χ1) is 9.09. The molecule has 1 N–H and O–H groups in total. The minimum atomic E-state index is -0.812. The normalized spacial score (nSPS) is 18.1. The Morgan fingerprint density at radius 1 is 1.21 bits per heavy atom. The highest BCUT2D eigenvalue weighted by Crippen LogP contribution is 2.26. The van der Waals surface area contributed by atoms with Crippen molar-refractivity contribution in [3.05, 3.63) is 35.4 Å². The van der Waals surface area contributed by atoms with Crippen LogP contribution in [-0.2, 0) is 0 Å². The van der Waals surface area contributed by atoms with Crippen LogP contribution in [0.2, 0.25) is 0 Å². The number of amides is 1. The van der Waals surface area contributed by atoms with E-state index in [1.54, 1.807) is 0 Å². The van der Waals surface area contributed by atoms with Crippen LogP contribution in [0.25, 0.3) is 0 Å². The molecule has 1 unspecified atom stereocenters. The van der Waals surface area contributed by atoms with Crippen LogP contribution in [-0.4, -0.2) is 11.9 Å². The molecule has 1 atom stereocenters. The van der Waals surface area contributed by atoms with E-state index in [0.29, 0.717) is 5.92 Å². The fourth-order valence-electron chi connectivity index (χ4n) is 2.75. The average Bonchev–Trinajstić information content (AvgIpc) is 2.39. The molecule has 1 amide bonds. The van der Waals surface area contributed by atoms with Crippen LogP contribution in [0.1, 0.15) is 49.4 Å². The molecule has 4 heteroatoms. The molecular formula is C15H19F2NO. The fraction of sp³-hybridized carbons (Fsp3) is 0.533. The van der Waals surface area contributed by atoms with Crippen molar-refractivity contribution in [1.29, 1.82) is 0 Å². The first-order valence-electron chi connectivity index (χ1n) is 6.84. The number of carbonyl (C=O) groups is 1. The van der Waals surface area contributed by atoms with Gasteiger partial charge in [0.05, 0.1) is 0 Å². The number of nitrogens with one attached hydrogen (secondary N) is 1. The third-order valence-corrected chi connectivity index (χ3v) is 3.91. The van der Waals surface area contributed by atoms with Crippen LogP contribution in [0.3, 0.4) is 0 Å². The molecule has 0 saturated heterocycles. The maximum Gasteiger partial charge on any atom is 0.257 e. The Morgan fingerprint density at radius 3 is 2.37 bits per heavy atom. The van der Waals surface area contributed by atoms with Gasteiger partial charge in [-0.1, -0.05) is 25.3 Å². The summed E-state index contributed by atoms with van der Waals surface area (Å²) in [7, 11) is 0. The molecular weight excluding hydrogens is 248 g/mol. The zero-order valence-corrected chi connectivity index (χ0v) is 11.1. The van der Waals surface area contributed by atoms with Gasteiger partial charge in [0.2, 0.25) is 0 Å². The number of hydrogen-bond donors (Lipinski definition) is 1. The number of halogens is 2. The van der Waals surface area contributed by atoms with Crippen molar-refractivity contribution in [3.63, 3.8) is 0 Å². The second-order valence-electron chi connectivity index (χ2n) is 5.26. The maximum atomic E-state index is 13.5. The van der Waals surface area contributed by atoms with Crippen LogP contribution < -0.4 is 5.32 Å². The molecule has 2 nitrogen and oxygen atoms in total. The smallest absolute Gasteiger partial charge is 0.257 e. The molecule has 0 aromatic heterocycles. The van der Waals surface area contributed by atoms with E-state index in [4.69, 9.17) is 0 Å².